The summed E-state index contributed by atoms with van der Waals surface area (Å²) < 4.78 is 0. The third-order valence-corrected chi connectivity index (χ3v) is 9.17. The normalized spacial score (nSPS) is 15.8. The van der Waals surface area contributed by atoms with Crippen LogP contribution >= 0.6 is 23.1 Å². The monoisotopic (exact) mass is 516 g/mol. The van der Waals surface area contributed by atoms with Crippen LogP contribution in [0.1, 0.15) is 33.5 Å². The molecule has 0 saturated carbocycles. The highest BCUT2D eigenvalue weighted by atomic mass is 32.2. The highest BCUT2D eigenvalue weighted by Gasteiger charge is 2.23. The minimum Gasteiger partial charge on any atom is -0.368 e. The van der Waals surface area contributed by atoms with Crippen molar-refractivity contribution in [2.24, 2.45) is 0 Å². The van der Waals surface area contributed by atoms with Crippen LogP contribution in [0.4, 0.5) is 5.69 Å². The molecule has 4 heterocycles. The largest absolute Gasteiger partial charge is 0.368 e. The smallest absolute Gasteiger partial charge is 0.125 e. The molecule has 0 amide bonds. The molecule has 0 bridgehead atoms. The minimum absolute atomic E-state index is 0.161. The number of aromatic nitrogens is 3. The third-order valence-electron chi connectivity index (χ3n) is 6.75. The van der Waals surface area contributed by atoms with E-state index in [-0.39, 0.29) is 5.37 Å². The van der Waals surface area contributed by atoms with Crippen LogP contribution < -0.4 is 5.32 Å². The summed E-state index contributed by atoms with van der Waals surface area (Å²) >= 11 is 3.62. The van der Waals surface area contributed by atoms with Crippen LogP contribution in [0, 0.1) is 6.92 Å². The fourth-order valence-electron chi connectivity index (χ4n) is 4.93. The number of hydrogen-bond acceptors (Lipinski definition) is 6. The van der Waals surface area contributed by atoms with Gasteiger partial charge in [-0.2, -0.15) is 0 Å². The van der Waals surface area contributed by atoms with Crippen LogP contribution in [0.2, 0.25) is 0 Å². The summed E-state index contributed by atoms with van der Waals surface area (Å²) in [5.41, 5.74) is 10.3. The number of pyridine rings is 2. The lowest BCUT2D eigenvalue weighted by molar-refractivity contribution is 1.00. The van der Waals surface area contributed by atoms with Crippen LogP contribution in [-0.2, 0) is 6.42 Å². The van der Waals surface area contributed by atoms with E-state index < -0.39 is 0 Å². The van der Waals surface area contributed by atoms with Crippen LogP contribution in [-0.4, -0.2) is 15.0 Å². The van der Waals surface area contributed by atoms with E-state index in [2.05, 4.69) is 89.0 Å². The standard InChI is InChI=1S/C31H24N4S2/c1-19-10-20(22-13-24(17-32-15-22)30-34-26-6-2-4-8-28(26)36-30)12-21(11-19)23-14-25(18-33-16-23)31-35-27-7-3-5-9-29(27)37-31/h2-4,6-8,10-18,30,34H,5,9H2,1H3. The Balaban J connectivity index is 1.21. The number of nitrogens with zero attached hydrogens (tertiary/aromatic N) is 3. The van der Waals surface area contributed by atoms with Crippen molar-refractivity contribution >= 4 is 34.9 Å². The van der Waals surface area contributed by atoms with Crippen LogP contribution in [0.3, 0.4) is 0 Å². The topological polar surface area (TPSA) is 50.7 Å². The van der Waals surface area contributed by atoms with Crippen molar-refractivity contribution in [3.05, 3.63) is 107 Å². The molecule has 0 radical (unpaired) electrons. The lowest BCUT2D eigenvalue weighted by atomic mass is 9.97. The van der Waals surface area contributed by atoms with Gasteiger partial charge < -0.3 is 5.32 Å². The molecule has 7 rings (SSSR count). The Morgan fingerprint density at radius 2 is 1.59 bits per heavy atom. The first-order valence-electron chi connectivity index (χ1n) is 12.4. The number of para-hydroxylation sites is 1. The number of thiazole rings is 1. The zero-order valence-corrected chi connectivity index (χ0v) is 21.9. The number of nitrogens with one attached hydrogen (secondary N) is 1. The number of aryl methyl sites for hydroxylation is 2. The second kappa shape index (κ2) is 9.29. The number of thioether (sulfide) groups is 1. The predicted molar refractivity (Wildman–Crippen MR) is 155 cm³/mol. The Labute approximate surface area is 224 Å². The van der Waals surface area contributed by atoms with Crippen molar-refractivity contribution in [3.63, 3.8) is 0 Å². The quantitative estimate of drug-likeness (QED) is 0.260. The molecule has 1 aliphatic carbocycles. The number of hydrogen-bond donors (Lipinski definition) is 1. The molecular formula is C31H24N4S2. The first kappa shape index (κ1) is 22.5. The second-order valence-electron chi connectivity index (χ2n) is 9.46. The number of rotatable bonds is 4. The molecule has 5 aromatic rings. The van der Waals surface area contributed by atoms with Gasteiger partial charge in [-0.15, -0.1) is 11.3 Å². The molecule has 6 heteroatoms. The van der Waals surface area contributed by atoms with Gasteiger partial charge in [0.25, 0.3) is 0 Å². The predicted octanol–water partition coefficient (Wildman–Crippen LogP) is 8.42. The molecule has 0 saturated heterocycles. The van der Waals surface area contributed by atoms with Gasteiger partial charge in [-0.05, 0) is 72.9 Å². The van der Waals surface area contributed by atoms with Gasteiger partial charge in [-0.25, -0.2) is 4.98 Å². The van der Waals surface area contributed by atoms with Crippen LogP contribution in [0.15, 0.2) is 90.4 Å². The Morgan fingerprint density at radius 3 is 2.43 bits per heavy atom. The van der Waals surface area contributed by atoms with E-state index in [1.807, 2.05) is 36.5 Å². The molecule has 37 heavy (non-hydrogen) atoms. The summed E-state index contributed by atoms with van der Waals surface area (Å²) in [5.74, 6) is 0. The maximum absolute atomic E-state index is 4.88. The van der Waals surface area contributed by atoms with E-state index in [1.165, 1.54) is 26.6 Å². The lowest BCUT2D eigenvalue weighted by Gasteiger charge is -2.13. The number of anilines is 1. The fraction of sp³-hybridized carbons (Fsp3) is 0.129. The van der Waals surface area contributed by atoms with Gasteiger partial charge in [0, 0.05) is 62.5 Å². The zero-order chi connectivity index (χ0) is 24.8. The van der Waals surface area contributed by atoms with E-state index in [4.69, 9.17) is 4.98 Å². The number of fused-ring (bicyclic) bond motifs is 2. The molecule has 2 aliphatic rings. The van der Waals surface area contributed by atoms with Gasteiger partial charge in [-0.1, -0.05) is 42.1 Å². The first-order valence-corrected chi connectivity index (χ1v) is 14.1. The van der Waals surface area contributed by atoms with Gasteiger partial charge in [0.2, 0.25) is 0 Å². The first-order chi connectivity index (χ1) is 18.2. The van der Waals surface area contributed by atoms with E-state index in [9.17, 15) is 0 Å². The highest BCUT2D eigenvalue weighted by molar-refractivity contribution is 8.00. The summed E-state index contributed by atoms with van der Waals surface area (Å²) in [6, 6.07) is 19.6. The van der Waals surface area contributed by atoms with Crippen molar-refractivity contribution in [2.45, 2.75) is 30.0 Å². The molecule has 2 aromatic carbocycles. The van der Waals surface area contributed by atoms with Gasteiger partial charge in [0.1, 0.15) is 10.4 Å². The van der Waals surface area contributed by atoms with Crippen molar-refractivity contribution < 1.29 is 0 Å². The lowest BCUT2D eigenvalue weighted by Crippen LogP contribution is -2.02. The molecule has 1 atom stereocenters. The summed E-state index contributed by atoms with van der Waals surface area (Å²) in [6.07, 6.45) is 14.3. The summed E-state index contributed by atoms with van der Waals surface area (Å²) in [5, 5.41) is 4.82. The fourth-order valence-corrected chi connectivity index (χ4v) is 7.09. The van der Waals surface area contributed by atoms with E-state index in [0.717, 1.165) is 51.4 Å². The Hall–Kier alpha value is -3.74. The molecule has 1 aliphatic heterocycles. The molecule has 1 unspecified atom stereocenters. The average molecular weight is 517 g/mol. The molecule has 4 nitrogen and oxygen atoms in total. The van der Waals surface area contributed by atoms with Crippen molar-refractivity contribution in [3.8, 4) is 32.8 Å². The van der Waals surface area contributed by atoms with Gasteiger partial charge in [-0.3, -0.25) is 9.97 Å². The molecule has 1 N–H and O–H groups in total. The molecule has 0 spiro atoms. The van der Waals surface area contributed by atoms with E-state index in [1.54, 1.807) is 11.3 Å². The average Bonchev–Trinajstić information content (AvgIpc) is 3.58. The molecular weight excluding hydrogens is 493 g/mol. The number of allylic oxidation sites excluding steroid dienone is 1. The maximum atomic E-state index is 4.88. The SMILES string of the molecule is Cc1cc(-c2cncc(-c3nc4c(s3)CCC=C4)c2)cc(-c2cncc(C3Nc4ccccc4S3)c2)c1. The van der Waals surface area contributed by atoms with E-state index >= 15 is 0 Å². The zero-order valence-electron chi connectivity index (χ0n) is 20.3. The van der Waals surface area contributed by atoms with Crippen molar-refractivity contribution in [1.82, 2.24) is 15.0 Å². The molecule has 180 valence electrons. The van der Waals surface area contributed by atoms with Crippen molar-refractivity contribution in [1.29, 1.82) is 0 Å². The van der Waals surface area contributed by atoms with Crippen LogP contribution in [0.5, 0.6) is 0 Å². The molecule has 3 aromatic heterocycles. The van der Waals surface area contributed by atoms with E-state index in [0.29, 0.717) is 0 Å². The third kappa shape index (κ3) is 4.37. The maximum Gasteiger partial charge on any atom is 0.125 e. The second-order valence-corrected chi connectivity index (χ2v) is 11.7. The summed E-state index contributed by atoms with van der Waals surface area (Å²) in [4.78, 5) is 16.7. The van der Waals surface area contributed by atoms with Gasteiger partial charge >= 0.3 is 0 Å². The summed E-state index contributed by atoms with van der Waals surface area (Å²) in [6.45, 7) is 2.15. The Morgan fingerprint density at radius 1 is 0.838 bits per heavy atom. The Kier molecular flexibility index (Phi) is 5.64. The minimum atomic E-state index is 0.161. The molecule has 0 fully saturated rings. The summed E-state index contributed by atoms with van der Waals surface area (Å²) in [7, 11) is 0. The van der Waals surface area contributed by atoms with Gasteiger partial charge in [0.05, 0.1) is 5.69 Å². The van der Waals surface area contributed by atoms with Crippen molar-refractivity contribution in [2.75, 3.05) is 5.32 Å². The Bertz CT molecular complexity index is 1640. The highest BCUT2D eigenvalue weighted by Crippen LogP contribution is 2.46. The number of benzene rings is 2. The van der Waals surface area contributed by atoms with Gasteiger partial charge in [0.15, 0.2) is 0 Å². The van der Waals surface area contributed by atoms with Crippen LogP contribution in [0.25, 0.3) is 38.9 Å².